The van der Waals surface area contributed by atoms with Gasteiger partial charge in [-0.2, -0.15) is 0 Å². The lowest BCUT2D eigenvalue weighted by atomic mass is 9.92. The summed E-state index contributed by atoms with van der Waals surface area (Å²) in [6, 6.07) is 0. The minimum absolute atomic E-state index is 0.641. The van der Waals surface area contributed by atoms with E-state index in [1.165, 1.54) is 64.2 Å². The molecule has 0 rings (SSSR count). The smallest absolute Gasteiger partial charge is 0.0353 e. The van der Waals surface area contributed by atoms with E-state index in [4.69, 9.17) is 11.6 Å². The van der Waals surface area contributed by atoms with Gasteiger partial charge in [0.2, 0.25) is 0 Å². The van der Waals surface area contributed by atoms with E-state index >= 15 is 0 Å². The van der Waals surface area contributed by atoms with Crippen LogP contribution in [0.15, 0.2) is 0 Å². The van der Waals surface area contributed by atoms with E-state index < -0.39 is 0 Å². The predicted molar refractivity (Wildman–Crippen MR) is 106 cm³/mol. The second-order valence-corrected chi connectivity index (χ2v) is 9.79. The molecule has 0 aliphatic rings. The molecule has 128 valence electrons. The van der Waals surface area contributed by atoms with Crippen molar-refractivity contribution in [2.45, 2.75) is 102 Å². The highest BCUT2D eigenvalue weighted by atomic mass is 35.5. The van der Waals surface area contributed by atoms with Gasteiger partial charge in [-0.15, -0.1) is 11.6 Å². The predicted octanol–water partition coefficient (Wildman–Crippen LogP) is 7.94. The Balaban J connectivity index is 4.21. The van der Waals surface area contributed by atoms with Crippen molar-refractivity contribution >= 4 is 33.2 Å². The molecule has 21 heavy (non-hydrogen) atoms. The molecule has 0 nitrogen and oxygen atoms in total. The summed E-state index contributed by atoms with van der Waals surface area (Å²) in [5, 5.41) is 1.34. The summed E-state index contributed by atoms with van der Waals surface area (Å²) in [6.07, 6.45) is 13.8. The van der Waals surface area contributed by atoms with Crippen molar-refractivity contribution in [1.82, 2.24) is 0 Å². The monoisotopic (exact) mass is 352 g/mol. The van der Waals surface area contributed by atoms with Crippen LogP contribution in [0.25, 0.3) is 0 Å². The molecule has 0 amide bonds. The summed E-state index contributed by atoms with van der Waals surface area (Å²) in [5.41, 5.74) is 0. The molecule has 0 saturated carbocycles. The summed E-state index contributed by atoms with van der Waals surface area (Å²) in [5.74, 6) is 1.64. The Morgan fingerprint density at radius 1 is 0.762 bits per heavy atom. The Kier molecular flexibility index (Phi) is 16.6. The first-order valence-electron chi connectivity index (χ1n) is 9.03. The minimum atomic E-state index is 0.641. The van der Waals surface area contributed by atoms with Gasteiger partial charge in [0.15, 0.2) is 0 Å². The van der Waals surface area contributed by atoms with Crippen molar-refractivity contribution in [3.8, 4) is 0 Å². The van der Waals surface area contributed by atoms with Gasteiger partial charge in [0, 0.05) is 16.4 Å². The van der Waals surface area contributed by atoms with Crippen LogP contribution in [0, 0.1) is 5.92 Å². The minimum Gasteiger partial charge on any atom is -0.125 e. The van der Waals surface area contributed by atoms with E-state index in [9.17, 15) is 0 Å². The lowest BCUT2D eigenvalue weighted by Crippen LogP contribution is -2.19. The highest BCUT2D eigenvalue weighted by molar-refractivity contribution is 8.77. The second-order valence-electron chi connectivity index (χ2n) is 6.39. The Bertz CT molecular complexity index is 197. The number of hydrogen-bond acceptors (Lipinski definition) is 2. The fraction of sp³-hybridized carbons (Fsp3) is 1.00. The second kappa shape index (κ2) is 15.9. The quantitative estimate of drug-likeness (QED) is 0.166. The molecule has 1 atom stereocenters. The number of hydrogen-bond donors (Lipinski definition) is 0. The fourth-order valence-electron chi connectivity index (χ4n) is 2.60. The van der Waals surface area contributed by atoms with Crippen LogP contribution < -0.4 is 0 Å². The van der Waals surface area contributed by atoms with E-state index in [1.54, 1.807) is 0 Å². The SMILES string of the molecule is CCCCCCC(CCCCCC)[C@H](CCl)SSC(C)C. The zero-order chi connectivity index (χ0) is 15.9. The van der Waals surface area contributed by atoms with E-state index in [-0.39, 0.29) is 0 Å². The van der Waals surface area contributed by atoms with Gasteiger partial charge in [-0.05, 0) is 18.8 Å². The molecule has 0 aromatic heterocycles. The van der Waals surface area contributed by atoms with Crippen LogP contribution in [0.1, 0.15) is 91.9 Å². The molecular weight excluding hydrogens is 316 g/mol. The molecule has 0 unspecified atom stereocenters. The molecule has 0 spiro atoms. The highest BCUT2D eigenvalue weighted by Gasteiger charge is 2.21. The van der Waals surface area contributed by atoms with Gasteiger partial charge in [0.05, 0.1) is 0 Å². The van der Waals surface area contributed by atoms with Crippen molar-refractivity contribution in [1.29, 1.82) is 0 Å². The van der Waals surface area contributed by atoms with Gasteiger partial charge in [0.25, 0.3) is 0 Å². The molecule has 3 heteroatoms. The summed E-state index contributed by atoms with van der Waals surface area (Å²) >= 11 is 6.29. The van der Waals surface area contributed by atoms with Crippen LogP contribution in [0.4, 0.5) is 0 Å². The maximum atomic E-state index is 6.29. The van der Waals surface area contributed by atoms with Crippen LogP contribution in [0.2, 0.25) is 0 Å². The van der Waals surface area contributed by atoms with Crippen molar-refractivity contribution in [2.75, 3.05) is 5.88 Å². The molecule has 0 N–H and O–H groups in total. The zero-order valence-corrected chi connectivity index (χ0v) is 17.1. The average Bonchev–Trinajstić information content (AvgIpc) is 2.47. The van der Waals surface area contributed by atoms with E-state index in [2.05, 4.69) is 38.5 Å². The number of unbranched alkanes of at least 4 members (excludes halogenated alkanes) is 6. The maximum Gasteiger partial charge on any atom is 0.0353 e. The molecule has 0 bridgehead atoms. The van der Waals surface area contributed by atoms with Crippen molar-refractivity contribution < 1.29 is 0 Å². The third kappa shape index (κ3) is 13.2. The Labute approximate surface area is 147 Å². The third-order valence-corrected chi connectivity index (χ3v) is 7.95. The number of halogens is 1. The fourth-order valence-corrected chi connectivity index (χ4v) is 5.88. The van der Waals surface area contributed by atoms with Crippen LogP contribution in [0.5, 0.6) is 0 Å². The largest absolute Gasteiger partial charge is 0.125 e. The van der Waals surface area contributed by atoms with Crippen LogP contribution in [-0.4, -0.2) is 16.4 Å². The number of alkyl halides is 1. The molecule has 0 aliphatic carbocycles. The first-order valence-corrected chi connectivity index (χ1v) is 11.8. The molecule has 0 radical (unpaired) electrons. The number of rotatable bonds is 15. The van der Waals surface area contributed by atoms with Gasteiger partial charge < -0.3 is 0 Å². The Hall–Kier alpha value is 0.990. The lowest BCUT2D eigenvalue weighted by molar-refractivity contribution is 0.406. The molecule has 0 saturated heterocycles. The van der Waals surface area contributed by atoms with Gasteiger partial charge in [-0.1, -0.05) is 101 Å². The van der Waals surface area contributed by atoms with Crippen molar-refractivity contribution in [2.24, 2.45) is 5.92 Å². The normalized spacial score (nSPS) is 13.3. The molecule has 0 aromatic rings. The highest BCUT2D eigenvalue weighted by Crippen LogP contribution is 2.38. The topological polar surface area (TPSA) is 0 Å². The standard InChI is InChI=1S/C18H37ClS2/c1-5-7-9-11-13-17(14-12-10-8-6-2)18(15-19)21-20-16(3)4/h16-18H,5-15H2,1-4H3/t18-/m0/s1. The summed E-state index contributed by atoms with van der Waals surface area (Å²) in [4.78, 5) is 0. The van der Waals surface area contributed by atoms with Crippen molar-refractivity contribution in [3.05, 3.63) is 0 Å². The van der Waals surface area contributed by atoms with E-state index in [1.807, 2.05) is 10.8 Å². The van der Waals surface area contributed by atoms with E-state index in [0.717, 1.165) is 11.8 Å². The van der Waals surface area contributed by atoms with Crippen LogP contribution in [0.3, 0.4) is 0 Å². The molecule has 0 fully saturated rings. The molecule has 0 heterocycles. The summed E-state index contributed by atoms with van der Waals surface area (Å²) < 4.78 is 0. The van der Waals surface area contributed by atoms with Crippen LogP contribution in [-0.2, 0) is 0 Å². The molecular formula is C18H37ClS2. The van der Waals surface area contributed by atoms with Gasteiger partial charge in [-0.25, -0.2) is 0 Å². The summed E-state index contributed by atoms with van der Waals surface area (Å²) in [6.45, 7) is 9.14. The first kappa shape index (κ1) is 22.0. The lowest BCUT2D eigenvalue weighted by Gasteiger charge is -2.25. The van der Waals surface area contributed by atoms with Gasteiger partial charge in [0.1, 0.15) is 0 Å². The molecule has 0 aliphatic heterocycles. The molecule has 0 aromatic carbocycles. The van der Waals surface area contributed by atoms with Crippen molar-refractivity contribution in [3.63, 3.8) is 0 Å². The maximum absolute atomic E-state index is 6.29. The first-order chi connectivity index (χ1) is 10.2. The van der Waals surface area contributed by atoms with E-state index in [0.29, 0.717) is 10.5 Å². The summed E-state index contributed by atoms with van der Waals surface area (Å²) in [7, 11) is 4.06. The van der Waals surface area contributed by atoms with Gasteiger partial charge in [-0.3, -0.25) is 0 Å². The zero-order valence-electron chi connectivity index (χ0n) is 14.7. The third-order valence-electron chi connectivity index (χ3n) is 3.91. The van der Waals surface area contributed by atoms with Crippen LogP contribution >= 0.6 is 33.2 Å². The van der Waals surface area contributed by atoms with Gasteiger partial charge >= 0.3 is 0 Å². The Morgan fingerprint density at radius 3 is 1.67 bits per heavy atom. The average molecular weight is 353 g/mol. The Morgan fingerprint density at radius 2 is 1.29 bits per heavy atom.